The molecule has 2 rings (SSSR count). The second kappa shape index (κ2) is 5.19. The molecular formula is C16H17ClN2. The maximum atomic E-state index is 8.67. The first-order valence-electron chi connectivity index (χ1n) is 6.39. The zero-order chi connectivity index (χ0) is 14.0. The van der Waals surface area contributed by atoms with Gasteiger partial charge in [0, 0.05) is 11.8 Å². The van der Waals surface area contributed by atoms with Crippen molar-refractivity contribution in [1.82, 2.24) is 4.98 Å². The fourth-order valence-electron chi connectivity index (χ4n) is 2.19. The number of nitriles is 1. The maximum absolute atomic E-state index is 8.67. The zero-order valence-electron chi connectivity index (χ0n) is 11.5. The van der Waals surface area contributed by atoms with Crippen LogP contribution in [0.2, 0.25) is 5.15 Å². The molecule has 0 saturated carbocycles. The average Bonchev–Trinajstić information content (AvgIpc) is 2.34. The number of para-hydroxylation sites is 1. The standard InChI is InChI=1S/C16H17ClN2/c1-16(2,3)13-8-4-6-11-10-12(7-5-9-18)15(17)19-14(11)13/h4,6,8,10H,5,7H2,1-3H3. The summed E-state index contributed by atoms with van der Waals surface area (Å²) in [6, 6.07) is 10.4. The minimum atomic E-state index is 0.0318. The van der Waals surface area contributed by atoms with Gasteiger partial charge in [0.15, 0.2) is 0 Å². The van der Waals surface area contributed by atoms with Gasteiger partial charge in [-0.3, -0.25) is 0 Å². The van der Waals surface area contributed by atoms with Crippen LogP contribution in [-0.2, 0) is 11.8 Å². The van der Waals surface area contributed by atoms with Gasteiger partial charge in [0.05, 0.1) is 11.6 Å². The number of aryl methyl sites for hydroxylation is 1. The Hall–Kier alpha value is -1.59. The number of rotatable bonds is 2. The Morgan fingerprint density at radius 2 is 2.05 bits per heavy atom. The average molecular weight is 273 g/mol. The third-order valence-electron chi connectivity index (χ3n) is 3.19. The van der Waals surface area contributed by atoms with E-state index in [0.29, 0.717) is 18.0 Å². The van der Waals surface area contributed by atoms with Crippen molar-refractivity contribution in [3.05, 3.63) is 40.5 Å². The van der Waals surface area contributed by atoms with Crippen LogP contribution in [0.15, 0.2) is 24.3 Å². The first-order chi connectivity index (χ1) is 8.93. The lowest BCUT2D eigenvalue weighted by atomic mass is 9.85. The van der Waals surface area contributed by atoms with Gasteiger partial charge < -0.3 is 0 Å². The summed E-state index contributed by atoms with van der Waals surface area (Å²) in [5.41, 5.74) is 3.13. The van der Waals surface area contributed by atoms with E-state index in [-0.39, 0.29) is 5.41 Å². The van der Waals surface area contributed by atoms with Gasteiger partial charge in [-0.25, -0.2) is 4.98 Å². The summed E-state index contributed by atoms with van der Waals surface area (Å²) in [5.74, 6) is 0. The molecule has 0 bridgehead atoms. The Bertz CT molecular complexity index is 648. The molecule has 0 amide bonds. The summed E-state index contributed by atoms with van der Waals surface area (Å²) >= 11 is 6.24. The number of fused-ring (bicyclic) bond motifs is 1. The highest BCUT2D eigenvalue weighted by Gasteiger charge is 2.18. The number of aromatic nitrogens is 1. The number of hydrogen-bond acceptors (Lipinski definition) is 2. The molecular weight excluding hydrogens is 256 g/mol. The lowest BCUT2D eigenvalue weighted by molar-refractivity contribution is 0.594. The first-order valence-corrected chi connectivity index (χ1v) is 6.77. The van der Waals surface area contributed by atoms with Gasteiger partial charge in [-0.2, -0.15) is 5.26 Å². The zero-order valence-corrected chi connectivity index (χ0v) is 12.3. The fourth-order valence-corrected chi connectivity index (χ4v) is 2.42. The van der Waals surface area contributed by atoms with Crippen LogP contribution in [0.3, 0.4) is 0 Å². The molecule has 0 N–H and O–H groups in total. The van der Waals surface area contributed by atoms with Gasteiger partial charge in [0.2, 0.25) is 0 Å². The van der Waals surface area contributed by atoms with E-state index >= 15 is 0 Å². The summed E-state index contributed by atoms with van der Waals surface area (Å²) < 4.78 is 0. The van der Waals surface area contributed by atoms with Gasteiger partial charge in [0.1, 0.15) is 5.15 Å². The molecule has 0 aliphatic carbocycles. The normalized spacial score (nSPS) is 11.5. The molecule has 1 aromatic carbocycles. The molecule has 0 saturated heterocycles. The predicted molar refractivity (Wildman–Crippen MR) is 79.4 cm³/mol. The molecule has 0 spiro atoms. The van der Waals surface area contributed by atoms with E-state index in [2.05, 4.69) is 44.0 Å². The molecule has 3 heteroatoms. The molecule has 0 fully saturated rings. The van der Waals surface area contributed by atoms with Crippen LogP contribution >= 0.6 is 11.6 Å². The van der Waals surface area contributed by atoms with Crippen LogP contribution in [0.5, 0.6) is 0 Å². The van der Waals surface area contributed by atoms with Crippen molar-refractivity contribution in [3.8, 4) is 6.07 Å². The molecule has 0 aliphatic rings. The van der Waals surface area contributed by atoms with E-state index in [1.807, 2.05) is 12.1 Å². The summed E-state index contributed by atoms with van der Waals surface area (Å²) in [6.07, 6.45) is 1.11. The van der Waals surface area contributed by atoms with Crippen LogP contribution in [-0.4, -0.2) is 4.98 Å². The van der Waals surface area contributed by atoms with Gasteiger partial charge >= 0.3 is 0 Å². The van der Waals surface area contributed by atoms with Crippen molar-refractivity contribution >= 4 is 22.5 Å². The minimum Gasteiger partial charge on any atom is -0.236 e. The Balaban J connectivity index is 2.61. The Morgan fingerprint density at radius 3 is 2.68 bits per heavy atom. The van der Waals surface area contributed by atoms with Crippen molar-refractivity contribution in [1.29, 1.82) is 5.26 Å². The summed E-state index contributed by atoms with van der Waals surface area (Å²) in [5, 5.41) is 10.3. The number of hydrogen-bond donors (Lipinski definition) is 0. The summed E-state index contributed by atoms with van der Waals surface area (Å²) in [4.78, 5) is 4.55. The first kappa shape index (κ1) is 13.8. The van der Waals surface area contributed by atoms with Crippen LogP contribution < -0.4 is 0 Å². The Kier molecular flexibility index (Phi) is 3.78. The van der Waals surface area contributed by atoms with Gasteiger partial charge in [-0.15, -0.1) is 0 Å². The van der Waals surface area contributed by atoms with E-state index in [1.165, 1.54) is 5.56 Å². The summed E-state index contributed by atoms with van der Waals surface area (Å²) in [7, 11) is 0. The molecule has 1 heterocycles. The molecule has 0 atom stereocenters. The Labute approximate surface area is 119 Å². The van der Waals surface area contributed by atoms with Crippen LogP contribution in [0.1, 0.15) is 38.3 Å². The topological polar surface area (TPSA) is 36.7 Å². The second-order valence-corrected chi connectivity index (χ2v) is 6.08. The highest BCUT2D eigenvalue weighted by Crippen LogP contribution is 2.31. The molecule has 2 nitrogen and oxygen atoms in total. The third kappa shape index (κ3) is 2.88. The van der Waals surface area contributed by atoms with Crippen molar-refractivity contribution < 1.29 is 0 Å². The van der Waals surface area contributed by atoms with Crippen LogP contribution in [0.4, 0.5) is 0 Å². The molecule has 19 heavy (non-hydrogen) atoms. The maximum Gasteiger partial charge on any atom is 0.133 e. The summed E-state index contributed by atoms with van der Waals surface area (Å²) in [6.45, 7) is 6.50. The quantitative estimate of drug-likeness (QED) is 0.747. The van der Waals surface area contributed by atoms with E-state index in [9.17, 15) is 0 Å². The minimum absolute atomic E-state index is 0.0318. The second-order valence-electron chi connectivity index (χ2n) is 5.72. The number of benzene rings is 1. The number of pyridine rings is 1. The Morgan fingerprint density at radius 1 is 1.32 bits per heavy atom. The smallest absolute Gasteiger partial charge is 0.133 e. The largest absolute Gasteiger partial charge is 0.236 e. The number of halogens is 1. The van der Waals surface area contributed by atoms with Gasteiger partial charge in [-0.1, -0.05) is 50.6 Å². The van der Waals surface area contributed by atoms with Crippen molar-refractivity contribution in [3.63, 3.8) is 0 Å². The van der Waals surface area contributed by atoms with Crippen LogP contribution in [0.25, 0.3) is 10.9 Å². The van der Waals surface area contributed by atoms with Crippen molar-refractivity contribution in [2.75, 3.05) is 0 Å². The molecule has 0 radical (unpaired) electrons. The lowest BCUT2D eigenvalue weighted by Crippen LogP contribution is -2.12. The van der Waals surface area contributed by atoms with E-state index in [4.69, 9.17) is 16.9 Å². The highest BCUT2D eigenvalue weighted by molar-refractivity contribution is 6.30. The number of nitrogens with zero attached hydrogens (tertiary/aromatic N) is 2. The van der Waals surface area contributed by atoms with E-state index in [0.717, 1.165) is 16.5 Å². The molecule has 0 aliphatic heterocycles. The molecule has 1 aromatic heterocycles. The van der Waals surface area contributed by atoms with E-state index < -0.39 is 0 Å². The predicted octanol–water partition coefficient (Wildman–Crippen LogP) is 4.64. The highest BCUT2D eigenvalue weighted by atomic mass is 35.5. The van der Waals surface area contributed by atoms with Crippen LogP contribution in [0, 0.1) is 11.3 Å². The van der Waals surface area contributed by atoms with Gasteiger partial charge in [-0.05, 0) is 29.0 Å². The third-order valence-corrected chi connectivity index (χ3v) is 3.51. The SMILES string of the molecule is CC(C)(C)c1cccc2cc(CCC#N)c(Cl)nc12. The van der Waals surface area contributed by atoms with E-state index in [1.54, 1.807) is 0 Å². The molecule has 98 valence electrons. The van der Waals surface area contributed by atoms with Gasteiger partial charge in [0.25, 0.3) is 0 Å². The monoisotopic (exact) mass is 272 g/mol. The molecule has 2 aromatic rings. The molecule has 0 unspecified atom stereocenters. The van der Waals surface area contributed by atoms with Crippen molar-refractivity contribution in [2.24, 2.45) is 0 Å². The van der Waals surface area contributed by atoms with Crippen molar-refractivity contribution in [2.45, 2.75) is 39.0 Å². The lowest BCUT2D eigenvalue weighted by Gasteiger charge is -2.21. The fraction of sp³-hybridized carbons (Fsp3) is 0.375.